The van der Waals surface area contributed by atoms with Gasteiger partial charge in [0.15, 0.2) is 0 Å². The molecule has 0 N–H and O–H groups in total. The molecule has 0 heterocycles. The van der Waals surface area contributed by atoms with Gasteiger partial charge in [0.25, 0.3) is 0 Å². The van der Waals surface area contributed by atoms with Crippen LogP contribution in [0.3, 0.4) is 0 Å². The summed E-state index contributed by atoms with van der Waals surface area (Å²) in [6.07, 6.45) is 7.05. The maximum absolute atomic E-state index is 14.7. The van der Waals surface area contributed by atoms with Crippen LogP contribution in [0.25, 0.3) is 22.3 Å². The molecule has 27 heavy (non-hydrogen) atoms. The summed E-state index contributed by atoms with van der Waals surface area (Å²) in [6, 6.07) is 23.9. The second kappa shape index (κ2) is 7.92. The lowest BCUT2D eigenvalue weighted by atomic mass is 9.78. The first-order valence-electron chi connectivity index (χ1n) is 9.82. The Bertz CT molecular complexity index is 901. The van der Waals surface area contributed by atoms with Crippen LogP contribution in [0.15, 0.2) is 85.5 Å². The minimum absolute atomic E-state index is 0.175. The van der Waals surface area contributed by atoms with Gasteiger partial charge in [-0.2, -0.15) is 0 Å². The van der Waals surface area contributed by atoms with Crippen molar-refractivity contribution in [2.75, 3.05) is 0 Å². The monoisotopic (exact) mass is 356 g/mol. The summed E-state index contributed by atoms with van der Waals surface area (Å²) in [7, 11) is 0. The van der Waals surface area contributed by atoms with E-state index in [2.05, 4.69) is 36.9 Å². The highest BCUT2D eigenvalue weighted by molar-refractivity contribution is 5.71. The molecule has 0 radical (unpaired) electrons. The Labute approximate surface area is 161 Å². The van der Waals surface area contributed by atoms with Crippen LogP contribution in [0.2, 0.25) is 0 Å². The van der Waals surface area contributed by atoms with Gasteiger partial charge in [-0.15, -0.1) is 6.58 Å². The summed E-state index contributed by atoms with van der Waals surface area (Å²) < 4.78 is 14.7. The van der Waals surface area contributed by atoms with Gasteiger partial charge in [-0.05, 0) is 65.8 Å². The highest BCUT2D eigenvalue weighted by Crippen LogP contribution is 2.37. The van der Waals surface area contributed by atoms with Crippen molar-refractivity contribution in [2.45, 2.75) is 31.6 Å². The normalized spacial score (nSPS) is 19.6. The highest BCUT2D eigenvalue weighted by atomic mass is 19.1. The van der Waals surface area contributed by atoms with E-state index in [9.17, 15) is 4.39 Å². The minimum Gasteiger partial charge on any atom is -0.206 e. The molecule has 1 saturated carbocycles. The first kappa shape index (κ1) is 17.7. The predicted octanol–water partition coefficient (Wildman–Crippen LogP) is 7.62. The lowest BCUT2D eigenvalue weighted by molar-refractivity contribution is 0.376. The summed E-state index contributed by atoms with van der Waals surface area (Å²) >= 11 is 0. The fourth-order valence-corrected chi connectivity index (χ4v) is 4.18. The highest BCUT2D eigenvalue weighted by Gasteiger charge is 2.20. The SMILES string of the molecule is C=CC1CCC(c2ccc(-c3ccc(-c4ccccc4)c(F)c3)cc2)CC1. The van der Waals surface area contributed by atoms with Gasteiger partial charge in [0.05, 0.1) is 0 Å². The van der Waals surface area contributed by atoms with E-state index in [4.69, 9.17) is 0 Å². The van der Waals surface area contributed by atoms with Crippen LogP contribution in [0.5, 0.6) is 0 Å². The average Bonchev–Trinajstić information content (AvgIpc) is 2.74. The standard InChI is InChI=1S/C26H25F/c1-2-19-8-10-20(11-9-19)21-12-14-22(15-13-21)24-16-17-25(26(27)18-24)23-6-4-3-5-7-23/h2-7,12-20H,1,8-11H2. The summed E-state index contributed by atoms with van der Waals surface area (Å²) in [5.41, 5.74) is 4.95. The van der Waals surface area contributed by atoms with Gasteiger partial charge < -0.3 is 0 Å². The summed E-state index contributed by atoms with van der Waals surface area (Å²) in [5.74, 6) is 1.16. The van der Waals surface area contributed by atoms with Gasteiger partial charge >= 0.3 is 0 Å². The Morgan fingerprint density at radius 2 is 1.41 bits per heavy atom. The van der Waals surface area contributed by atoms with Gasteiger partial charge in [0, 0.05) is 5.56 Å². The molecule has 1 aliphatic carbocycles. The van der Waals surface area contributed by atoms with Crippen LogP contribution in [0, 0.1) is 11.7 Å². The molecule has 1 aliphatic rings. The van der Waals surface area contributed by atoms with Gasteiger partial charge in [-0.1, -0.05) is 72.8 Å². The van der Waals surface area contributed by atoms with Crippen molar-refractivity contribution in [2.24, 2.45) is 5.92 Å². The number of benzene rings is 3. The van der Waals surface area contributed by atoms with Crippen LogP contribution in [0.1, 0.15) is 37.2 Å². The van der Waals surface area contributed by atoms with Crippen molar-refractivity contribution in [3.63, 3.8) is 0 Å². The van der Waals surface area contributed by atoms with Crippen LogP contribution >= 0.6 is 0 Å². The quantitative estimate of drug-likeness (QED) is 0.422. The molecule has 136 valence electrons. The first-order valence-corrected chi connectivity index (χ1v) is 9.82. The second-order valence-electron chi connectivity index (χ2n) is 7.53. The smallest absolute Gasteiger partial charge is 0.131 e. The van der Waals surface area contributed by atoms with Crippen LogP contribution in [-0.2, 0) is 0 Å². The topological polar surface area (TPSA) is 0 Å². The van der Waals surface area contributed by atoms with Crippen molar-refractivity contribution in [3.8, 4) is 22.3 Å². The second-order valence-corrected chi connectivity index (χ2v) is 7.53. The summed E-state index contributed by atoms with van der Waals surface area (Å²) in [5, 5.41) is 0. The molecule has 4 rings (SSSR count). The Balaban J connectivity index is 1.52. The van der Waals surface area contributed by atoms with Crippen LogP contribution < -0.4 is 0 Å². The van der Waals surface area contributed by atoms with Crippen molar-refractivity contribution in [1.82, 2.24) is 0 Å². The Morgan fingerprint density at radius 3 is 2.04 bits per heavy atom. The Morgan fingerprint density at radius 1 is 0.741 bits per heavy atom. The molecule has 1 fully saturated rings. The number of allylic oxidation sites excluding steroid dienone is 1. The number of halogens is 1. The van der Waals surface area contributed by atoms with E-state index < -0.39 is 0 Å². The van der Waals surface area contributed by atoms with E-state index in [-0.39, 0.29) is 5.82 Å². The molecular formula is C26H25F. The molecule has 0 nitrogen and oxygen atoms in total. The van der Waals surface area contributed by atoms with Gasteiger partial charge in [-0.3, -0.25) is 0 Å². The molecule has 0 unspecified atom stereocenters. The molecule has 0 saturated heterocycles. The van der Waals surface area contributed by atoms with Gasteiger partial charge in [0.2, 0.25) is 0 Å². The minimum atomic E-state index is -0.175. The van der Waals surface area contributed by atoms with E-state index in [0.717, 1.165) is 16.7 Å². The Kier molecular flexibility index (Phi) is 5.20. The lowest BCUT2D eigenvalue weighted by Crippen LogP contribution is -2.11. The largest absolute Gasteiger partial charge is 0.206 e. The maximum Gasteiger partial charge on any atom is 0.131 e. The zero-order chi connectivity index (χ0) is 18.6. The van der Waals surface area contributed by atoms with E-state index >= 15 is 0 Å². The lowest BCUT2D eigenvalue weighted by Gasteiger charge is -2.27. The Hall–Kier alpha value is -2.67. The zero-order valence-electron chi connectivity index (χ0n) is 15.6. The van der Waals surface area contributed by atoms with Gasteiger partial charge in [-0.25, -0.2) is 4.39 Å². The predicted molar refractivity (Wildman–Crippen MR) is 112 cm³/mol. The fraction of sp³-hybridized carbons (Fsp3) is 0.231. The maximum atomic E-state index is 14.7. The number of rotatable bonds is 4. The molecule has 3 aromatic rings. The third-order valence-electron chi connectivity index (χ3n) is 5.87. The molecule has 0 atom stereocenters. The van der Waals surface area contributed by atoms with E-state index in [0.29, 0.717) is 17.4 Å². The van der Waals surface area contributed by atoms with E-state index in [1.54, 1.807) is 6.07 Å². The third-order valence-corrected chi connectivity index (χ3v) is 5.87. The van der Waals surface area contributed by atoms with Crippen LogP contribution in [0.4, 0.5) is 4.39 Å². The molecule has 0 amide bonds. The average molecular weight is 356 g/mol. The van der Waals surface area contributed by atoms with Crippen molar-refractivity contribution in [3.05, 3.63) is 96.8 Å². The van der Waals surface area contributed by atoms with Gasteiger partial charge in [0.1, 0.15) is 5.82 Å². The molecule has 0 aromatic heterocycles. The summed E-state index contributed by atoms with van der Waals surface area (Å²) in [6.45, 7) is 3.93. The number of hydrogen-bond donors (Lipinski definition) is 0. The first-order chi connectivity index (χ1) is 13.2. The molecule has 3 aromatic carbocycles. The van der Waals surface area contributed by atoms with Crippen LogP contribution in [-0.4, -0.2) is 0 Å². The molecule has 0 bridgehead atoms. The fourth-order valence-electron chi connectivity index (χ4n) is 4.18. The van der Waals surface area contributed by atoms with Crippen molar-refractivity contribution < 1.29 is 4.39 Å². The van der Waals surface area contributed by atoms with Crippen molar-refractivity contribution >= 4 is 0 Å². The summed E-state index contributed by atoms with van der Waals surface area (Å²) in [4.78, 5) is 0. The molecule has 0 spiro atoms. The zero-order valence-corrected chi connectivity index (χ0v) is 15.6. The van der Waals surface area contributed by atoms with Crippen molar-refractivity contribution in [1.29, 1.82) is 0 Å². The molecule has 0 aliphatic heterocycles. The third kappa shape index (κ3) is 3.88. The number of hydrogen-bond acceptors (Lipinski definition) is 0. The molecular weight excluding hydrogens is 331 g/mol. The van der Waals surface area contributed by atoms with E-state index in [1.807, 2.05) is 42.5 Å². The molecule has 1 heteroatoms. The van der Waals surface area contributed by atoms with E-state index in [1.165, 1.54) is 31.2 Å².